The quantitative estimate of drug-likeness (QED) is 0.674. The lowest BCUT2D eigenvalue weighted by Gasteiger charge is -2.11. The predicted molar refractivity (Wildman–Crippen MR) is 63.6 cm³/mol. The van der Waals surface area contributed by atoms with Crippen LogP contribution in [-0.2, 0) is 19.9 Å². The topological polar surface area (TPSA) is 17.8 Å². The number of nitrogens with zero attached hydrogens (tertiary/aromatic N) is 2. The maximum absolute atomic E-state index is 4.70. The molecule has 2 heteroatoms. The van der Waals surface area contributed by atoms with Gasteiger partial charge >= 0.3 is 0 Å². The first kappa shape index (κ1) is 10.2. The highest BCUT2D eigenvalue weighted by atomic mass is 15.1. The molecule has 0 aliphatic heterocycles. The smallest absolute Gasteiger partial charge is 0.113 e. The molecule has 0 amide bonds. The zero-order valence-electron chi connectivity index (χ0n) is 9.70. The zero-order valence-corrected chi connectivity index (χ0v) is 9.70. The van der Waals surface area contributed by atoms with Crippen LogP contribution in [0.5, 0.6) is 0 Å². The van der Waals surface area contributed by atoms with Crippen molar-refractivity contribution in [2.24, 2.45) is 13.0 Å². The summed E-state index contributed by atoms with van der Waals surface area (Å²) in [4.78, 5) is 4.70. The fourth-order valence-corrected chi connectivity index (χ4v) is 2.01. The van der Waals surface area contributed by atoms with E-state index >= 15 is 0 Å². The average Bonchev–Trinajstić information content (AvgIpc) is 2.52. The molecule has 0 radical (unpaired) electrons. The van der Waals surface area contributed by atoms with Gasteiger partial charge in [-0.15, -0.1) is 0 Å². The highest BCUT2D eigenvalue weighted by Gasteiger charge is 2.16. The van der Waals surface area contributed by atoms with E-state index < -0.39 is 0 Å². The van der Waals surface area contributed by atoms with E-state index in [4.69, 9.17) is 4.98 Å². The van der Waals surface area contributed by atoms with Crippen LogP contribution in [0, 0.1) is 5.92 Å². The minimum Gasteiger partial charge on any atom is -0.331 e. The normalized spacial score (nSPS) is 19.8. The van der Waals surface area contributed by atoms with Crippen molar-refractivity contribution < 1.29 is 0 Å². The van der Waals surface area contributed by atoms with Crippen molar-refractivity contribution in [1.29, 1.82) is 0 Å². The second kappa shape index (κ2) is 4.05. The lowest BCUT2D eigenvalue weighted by atomic mass is 9.98. The Bertz CT molecular complexity index is 410. The number of hydrogen-bond donors (Lipinski definition) is 0. The van der Waals surface area contributed by atoms with Crippen LogP contribution in [0.15, 0.2) is 18.2 Å². The Morgan fingerprint density at radius 1 is 1.60 bits per heavy atom. The van der Waals surface area contributed by atoms with Gasteiger partial charge in [0.1, 0.15) is 5.82 Å². The van der Waals surface area contributed by atoms with Crippen LogP contribution in [0.3, 0.4) is 0 Å². The van der Waals surface area contributed by atoms with Crippen LogP contribution in [0.25, 0.3) is 6.08 Å². The maximum atomic E-state index is 4.70. The summed E-state index contributed by atoms with van der Waals surface area (Å²) in [5.74, 6) is 1.79. The lowest BCUT2D eigenvalue weighted by molar-refractivity contribution is 0.700. The molecule has 0 aromatic carbocycles. The Labute approximate surface area is 91.3 Å². The third-order valence-corrected chi connectivity index (χ3v) is 2.94. The molecule has 2 rings (SSSR count). The van der Waals surface area contributed by atoms with E-state index in [0.29, 0.717) is 5.92 Å². The van der Waals surface area contributed by atoms with Crippen LogP contribution in [0.1, 0.15) is 31.1 Å². The van der Waals surface area contributed by atoms with Gasteiger partial charge in [-0.3, -0.25) is 0 Å². The molecular weight excluding hydrogens is 184 g/mol. The van der Waals surface area contributed by atoms with Gasteiger partial charge in [0.15, 0.2) is 0 Å². The summed E-state index contributed by atoms with van der Waals surface area (Å²) < 4.78 is 2.21. The highest BCUT2D eigenvalue weighted by Crippen LogP contribution is 2.22. The average molecular weight is 202 g/mol. The van der Waals surface area contributed by atoms with Gasteiger partial charge in [-0.2, -0.15) is 0 Å². The minimum atomic E-state index is 0.627. The summed E-state index contributed by atoms with van der Waals surface area (Å²) in [5, 5.41) is 0. The first-order chi connectivity index (χ1) is 7.22. The van der Waals surface area contributed by atoms with E-state index in [1.54, 1.807) is 0 Å². The van der Waals surface area contributed by atoms with Crippen molar-refractivity contribution in [2.45, 2.75) is 26.7 Å². The van der Waals surface area contributed by atoms with E-state index in [2.05, 4.69) is 42.8 Å². The standard InChI is InChI=1S/C13H18N2/c1-4-5-6-13-14-11-9-10(2)7-8-12(11)15(13)3/h4-5,7-8,10H,6,9H2,1-3H3/b5-4-. The van der Waals surface area contributed by atoms with Crippen LogP contribution in [-0.4, -0.2) is 9.55 Å². The summed E-state index contributed by atoms with van der Waals surface area (Å²) in [6.45, 7) is 4.28. The second-order valence-electron chi connectivity index (χ2n) is 4.23. The van der Waals surface area contributed by atoms with Crippen molar-refractivity contribution in [1.82, 2.24) is 9.55 Å². The van der Waals surface area contributed by atoms with E-state index in [1.165, 1.54) is 11.4 Å². The molecule has 1 aliphatic rings. The van der Waals surface area contributed by atoms with Gasteiger partial charge in [-0.1, -0.05) is 25.2 Å². The molecule has 0 saturated heterocycles. The molecule has 0 bridgehead atoms. The fraction of sp³-hybridized carbons (Fsp3) is 0.462. The van der Waals surface area contributed by atoms with Crippen molar-refractivity contribution in [3.63, 3.8) is 0 Å². The summed E-state index contributed by atoms with van der Waals surface area (Å²) >= 11 is 0. The molecule has 1 heterocycles. The Morgan fingerprint density at radius 3 is 3.13 bits per heavy atom. The van der Waals surface area contributed by atoms with E-state index in [0.717, 1.165) is 18.7 Å². The molecule has 0 spiro atoms. The van der Waals surface area contributed by atoms with Gasteiger partial charge < -0.3 is 4.57 Å². The van der Waals surface area contributed by atoms with Gasteiger partial charge in [0, 0.05) is 13.5 Å². The third kappa shape index (κ3) is 1.89. The van der Waals surface area contributed by atoms with Crippen LogP contribution in [0.2, 0.25) is 0 Å². The van der Waals surface area contributed by atoms with Crippen molar-refractivity contribution in [3.05, 3.63) is 35.4 Å². The van der Waals surface area contributed by atoms with Crippen molar-refractivity contribution in [2.75, 3.05) is 0 Å². The molecule has 0 fully saturated rings. The molecule has 1 aromatic heterocycles. The SMILES string of the molecule is C/C=C\Cc1nc2c(n1C)C=CC(C)C2. The van der Waals surface area contributed by atoms with Crippen molar-refractivity contribution in [3.8, 4) is 0 Å². The largest absolute Gasteiger partial charge is 0.331 e. The first-order valence-electron chi connectivity index (χ1n) is 5.56. The van der Waals surface area contributed by atoms with Crippen LogP contribution in [0.4, 0.5) is 0 Å². The van der Waals surface area contributed by atoms with E-state index in [9.17, 15) is 0 Å². The predicted octanol–water partition coefficient (Wildman–Crippen LogP) is 2.74. The zero-order chi connectivity index (χ0) is 10.8. The molecule has 1 aromatic rings. The third-order valence-electron chi connectivity index (χ3n) is 2.94. The van der Waals surface area contributed by atoms with Crippen LogP contribution >= 0.6 is 0 Å². The number of aromatic nitrogens is 2. The van der Waals surface area contributed by atoms with E-state index in [-0.39, 0.29) is 0 Å². The Morgan fingerprint density at radius 2 is 2.40 bits per heavy atom. The minimum absolute atomic E-state index is 0.627. The monoisotopic (exact) mass is 202 g/mol. The van der Waals surface area contributed by atoms with Crippen molar-refractivity contribution >= 4 is 6.08 Å². The number of allylic oxidation sites excluding steroid dienone is 3. The molecule has 1 atom stereocenters. The Kier molecular flexibility index (Phi) is 2.76. The lowest BCUT2D eigenvalue weighted by Crippen LogP contribution is -2.04. The van der Waals surface area contributed by atoms with Gasteiger partial charge in [-0.25, -0.2) is 4.98 Å². The van der Waals surface area contributed by atoms with Gasteiger partial charge in [0.2, 0.25) is 0 Å². The number of imidazole rings is 1. The van der Waals surface area contributed by atoms with Gasteiger partial charge in [0.05, 0.1) is 11.4 Å². The number of fused-ring (bicyclic) bond motifs is 1. The summed E-state index contributed by atoms with van der Waals surface area (Å²) in [7, 11) is 2.10. The summed E-state index contributed by atoms with van der Waals surface area (Å²) in [6, 6.07) is 0. The number of rotatable bonds is 2. The molecular formula is C13H18N2. The fourth-order valence-electron chi connectivity index (χ4n) is 2.01. The summed E-state index contributed by atoms with van der Waals surface area (Å²) in [6.07, 6.45) is 10.7. The Hall–Kier alpha value is -1.31. The van der Waals surface area contributed by atoms with Gasteiger partial charge in [0.25, 0.3) is 0 Å². The molecule has 1 aliphatic carbocycles. The van der Waals surface area contributed by atoms with Gasteiger partial charge in [-0.05, 0) is 25.3 Å². The number of hydrogen-bond acceptors (Lipinski definition) is 1. The Balaban J connectivity index is 2.33. The first-order valence-corrected chi connectivity index (χ1v) is 5.56. The molecule has 0 saturated carbocycles. The van der Waals surface area contributed by atoms with E-state index in [1.807, 2.05) is 6.92 Å². The molecule has 1 unspecified atom stereocenters. The molecule has 15 heavy (non-hydrogen) atoms. The molecule has 0 N–H and O–H groups in total. The molecule has 2 nitrogen and oxygen atoms in total. The highest BCUT2D eigenvalue weighted by molar-refractivity contribution is 5.52. The second-order valence-corrected chi connectivity index (χ2v) is 4.23. The summed E-state index contributed by atoms with van der Waals surface area (Å²) in [5.41, 5.74) is 2.54. The van der Waals surface area contributed by atoms with Crippen LogP contribution < -0.4 is 0 Å². The molecule has 80 valence electrons. The maximum Gasteiger partial charge on any atom is 0.113 e.